The Hall–Kier alpha value is -3.06. The molecular formula is C29H30O6. The summed E-state index contributed by atoms with van der Waals surface area (Å²) in [6.45, 7) is 4.10. The van der Waals surface area contributed by atoms with Gasteiger partial charge in [0.05, 0.1) is 19.8 Å². The van der Waals surface area contributed by atoms with Crippen LogP contribution in [0.1, 0.15) is 22.3 Å². The summed E-state index contributed by atoms with van der Waals surface area (Å²) in [6.07, 6.45) is 2.15. The lowest BCUT2D eigenvalue weighted by molar-refractivity contribution is 0.259. The number of ether oxygens (including phenoxy) is 6. The van der Waals surface area contributed by atoms with E-state index in [4.69, 9.17) is 28.4 Å². The van der Waals surface area contributed by atoms with Crippen molar-refractivity contribution in [2.45, 2.75) is 31.2 Å². The molecule has 0 spiro atoms. The van der Waals surface area contributed by atoms with Crippen LogP contribution in [0, 0.1) is 0 Å². The molecule has 3 aromatic rings. The normalized spacial score (nSPS) is 21.9. The van der Waals surface area contributed by atoms with Crippen LogP contribution in [-0.4, -0.2) is 58.0 Å². The van der Waals surface area contributed by atoms with Crippen LogP contribution < -0.4 is 14.2 Å². The first-order chi connectivity index (χ1) is 17.3. The van der Waals surface area contributed by atoms with Crippen molar-refractivity contribution in [3.63, 3.8) is 0 Å². The SMILES string of the molecule is c1ccc(OCC2CO2)c(Cc2ccc(OCC3CO3)c(Cc3ccccc3OCC3CO3)c2)c1. The first-order valence-corrected chi connectivity index (χ1v) is 12.3. The lowest BCUT2D eigenvalue weighted by atomic mass is 9.97. The molecule has 3 unspecified atom stereocenters. The molecule has 3 aliphatic heterocycles. The van der Waals surface area contributed by atoms with Gasteiger partial charge in [-0.2, -0.15) is 0 Å². The summed E-state index contributed by atoms with van der Waals surface area (Å²) in [5.41, 5.74) is 4.63. The Labute approximate surface area is 205 Å². The molecule has 3 aromatic carbocycles. The first kappa shape index (κ1) is 22.4. The molecule has 35 heavy (non-hydrogen) atoms. The van der Waals surface area contributed by atoms with Gasteiger partial charge in [-0.1, -0.05) is 48.5 Å². The van der Waals surface area contributed by atoms with Crippen LogP contribution in [0.4, 0.5) is 0 Å². The second-order valence-electron chi connectivity index (χ2n) is 9.31. The van der Waals surface area contributed by atoms with Crippen LogP contribution in [0.15, 0.2) is 66.7 Å². The highest BCUT2D eigenvalue weighted by Gasteiger charge is 2.25. The summed E-state index contributed by atoms with van der Waals surface area (Å²) < 4.78 is 34.2. The molecule has 0 saturated carbocycles. The van der Waals surface area contributed by atoms with Crippen molar-refractivity contribution in [2.75, 3.05) is 39.6 Å². The van der Waals surface area contributed by atoms with Gasteiger partial charge in [0, 0.05) is 12.8 Å². The van der Waals surface area contributed by atoms with Gasteiger partial charge >= 0.3 is 0 Å². The molecule has 6 heteroatoms. The zero-order valence-corrected chi connectivity index (χ0v) is 19.7. The van der Waals surface area contributed by atoms with Gasteiger partial charge in [-0.3, -0.25) is 0 Å². The maximum absolute atomic E-state index is 6.16. The molecule has 0 aliphatic carbocycles. The number of rotatable bonds is 13. The van der Waals surface area contributed by atoms with Gasteiger partial charge < -0.3 is 28.4 Å². The minimum absolute atomic E-state index is 0.205. The monoisotopic (exact) mass is 474 g/mol. The fourth-order valence-electron chi connectivity index (χ4n) is 4.07. The maximum Gasteiger partial charge on any atom is 0.122 e. The minimum Gasteiger partial charge on any atom is -0.490 e. The highest BCUT2D eigenvalue weighted by molar-refractivity contribution is 5.46. The third kappa shape index (κ3) is 6.34. The number of benzene rings is 3. The van der Waals surface area contributed by atoms with Gasteiger partial charge in [-0.05, 0) is 40.5 Å². The Balaban J connectivity index is 1.23. The molecule has 3 heterocycles. The van der Waals surface area contributed by atoms with Crippen LogP contribution in [0.3, 0.4) is 0 Å². The van der Waals surface area contributed by atoms with Gasteiger partial charge in [-0.25, -0.2) is 0 Å². The smallest absolute Gasteiger partial charge is 0.122 e. The molecule has 3 fully saturated rings. The molecule has 0 N–H and O–H groups in total. The van der Waals surface area contributed by atoms with E-state index in [0.29, 0.717) is 26.2 Å². The first-order valence-electron chi connectivity index (χ1n) is 12.3. The summed E-state index contributed by atoms with van der Waals surface area (Å²) in [7, 11) is 0. The van der Waals surface area contributed by atoms with Crippen molar-refractivity contribution in [1.82, 2.24) is 0 Å². The van der Waals surface area contributed by atoms with E-state index in [-0.39, 0.29) is 18.3 Å². The number of para-hydroxylation sites is 2. The van der Waals surface area contributed by atoms with E-state index in [1.165, 1.54) is 5.56 Å². The van der Waals surface area contributed by atoms with Crippen LogP contribution in [0.2, 0.25) is 0 Å². The zero-order chi connectivity index (χ0) is 23.5. The Morgan fingerprint density at radius 3 is 1.51 bits per heavy atom. The molecule has 6 nitrogen and oxygen atoms in total. The van der Waals surface area contributed by atoms with Crippen LogP contribution in [0.5, 0.6) is 17.2 Å². The summed E-state index contributed by atoms with van der Waals surface area (Å²) in [4.78, 5) is 0. The lowest BCUT2D eigenvalue weighted by Gasteiger charge is -2.16. The molecular weight excluding hydrogens is 444 g/mol. The third-order valence-corrected chi connectivity index (χ3v) is 6.33. The number of epoxide rings is 3. The number of hydrogen-bond acceptors (Lipinski definition) is 6. The topological polar surface area (TPSA) is 65.3 Å². The molecule has 3 saturated heterocycles. The van der Waals surface area contributed by atoms with E-state index in [1.807, 2.05) is 24.3 Å². The standard InChI is InChI=1S/C29H30O6/c1-3-7-27(33-17-24-14-30-24)21(5-1)11-20-9-10-29(35-19-26-16-32-26)23(12-20)13-22-6-2-4-8-28(22)34-18-25-15-31-25/h1-10,12,24-26H,11,13-19H2. The van der Waals surface area contributed by atoms with Gasteiger partial charge in [0.25, 0.3) is 0 Å². The molecule has 3 atom stereocenters. The Morgan fingerprint density at radius 2 is 1.00 bits per heavy atom. The summed E-state index contributed by atoms with van der Waals surface area (Å²) in [5, 5.41) is 0. The van der Waals surface area contributed by atoms with Crippen LogP contribution in [-0.2, 0) is 27.1 Å². The zero-order valence-electron chi connectivity index (χ0n) is 19.7. The van der Waals surface area contributed by atoms with E-state index in [9.17, 15) is 0 Å². The van der Waals surface area contributed by atoms with Gasteiger partial charge in [-0.15, -0.1) is 0 Å². The molecule has 0 amide bonds. The summed E-state index contributed by atoms with van der Waals surface area (Å²) >= 11 is 0. The molecule has 6 rings (SSSR count). The molecule has 0 radical (unpaired) electrons. The second-order valence-corrected chi connectivity index (χ2v) is 9.31. The maximum atomic E-state index is 6.16. The van der Waals surface area contributed by atoms with Crippen molar-refractivity contribution in [1.29, 1.82) is 0 Å². The molecule has 0 bridgehead atoms. The Kier molecular flexibility index (Phi) is 6.58. The van der Waals surface area contributed by atoms with Gasteiger partial charge in [0.1, 0.15) is 55.4 Å². The van der Waals surface area contributed by atoms with Gasteiger partial charge in [0.15, 0.2) is 0 Å². The Morgan fingerprint density at radius 1 is 0.543 bits per heavy atom. The van der Waals surface area contributed by atoms with Crippen molar-refractivity contribution < 1.29 is 28.4 Å². The lowest BCUT2D eigenvalue weighted by Crippen LogP contribution is -2.08. The van der Waals surface area contributed by atoms with E-state index >= 15 is 0 Å². The van der Waals surface area contributed by atoms with Crippen LogP contribution >= 0.6 is 0 Å². The summed E-state index contributed by atoms with van der Waals surface area (Å²) in [5.74, 6) is 2.70. The average Bonchev–Trinajstić information content (AvgIpc) is 3.74. The average molecular weight is 475 g/mol. The minimum atomic E-state index is 0.205. The fraction of sp³-hybridized carbons (Fsp3) is 0.379. The molecule has 182 valence electrons. The van der Waals surface area contributed by atoms with E-state index < -0.39 is 0 Å². The molecule has 0 aromatic heterocycles. The molecule has 3 aliphatic rings. The van der Waals surface area contributed by atoms with Crippen molar-refractivity contribution >= 4 is 0 Å². The largest absolute Gasteiger partial charge is 0.490 e. The highest BCUT2D eigenvalue weighted by atomic mass is 16.6. The third-order valence-electron chi connectivity index (χ3n) is 6.33. The van der Waals surface area contributed by atoms with Crippen LogP contribution in [0.25, 0.3) is 0 Å². The van der Waals surface area contributed by atoms with E-state index in [0.717, 1.165) is 60.2 Å². The summed E-state index contributed by atoms with van der Waals surface area (Å²) in [6, 6.07) is 22.9. The van der Waals surface area contributed by atoms with E-state index in [2.05, 4.69) is 42.5 Å². The van der Waals surface area contributed by atoms with Crippen molar-refractivity contribution in [3.05, 3.63) is 89.0 Å². The van der Waals surface area contributed by atoms with Crippen molar-refractivity contribution in [3.8, 4) is 17.2 Å². The fourth-order valence-corrected chi connectivity index (χ4v) is 4.07. The quantitative estimate of drug-likeness (QED) is 0.346. The van der Waals surface area contributed by atoms with Gasteiger partial charge in [0.2, 0.25) is 0 Å². The predicted molar refractivity (Wildman–Crippen MR) is 131 cm³/mol. The Bertz CT molecular complexity index is 1150. The van der Waals surface area contributed by atoms with Crippen molar-refractivity contribution in [2.24, 2.45) is 0 Å². The number of hydrogen-bond donors (Lipinski definition) is 0. The van der Waals surface area contributed by atoms with E-state index in [1.54, 1.807) is 0 Å². The highest BCUT2D eigenvalue weighted by Crippen LogP contribution is 2.31. The predicted octanol–water partition coefficient (Wildman–Crippen LogP) is 4.20. The second kappa shape index (κ2) is 10.3.